The minimum atomic E-state index is -0.854. The maximum absolute atomic E-state index is 11.1. The third kappa shape index (κ3) is 1.91. The fraction of sp³-hybridized carbons (Fsp3) is 0.111. The third-order valence-electron chi connectivity index (χ3n) is 1.78. The Morgan fingerprint density at radius 1 is 1.60 bits per heavy atom. The van der Waals surface area contributed by atoms with Crippen LogP contribution in [-0.4, -0.2) is 15.8 Å². The van der Waals surface area contributed by atoms with Crippen LogP contribution in [0.5, 0.6) is 5.75 Å². The summed E-state index contributed by atoms with van der Waals surface area (Å²) >= 11 is 0. The highest BCUT2D eigenvalue weighted by molar-refractivity contribution is 5.99. The van der Waals surface area contributed by atoms with E-state index in [0.717, 1.165) is 19.1 Å². The molecule has 0 aliphatic rings. The maximum atomic E-state index is 11.1. The van der Waals surface area contributed by atoms with E-state index in [2.05, 4.69) is 0 Å². The lowest BCUT2D eigenvalue weighted by Gasteiger charge is -2.01. The summed E-state index contributed by atoms with van der Waals surface area (Å²) in [4.78, 5) is 20.8. The van der Waals surface area contributed by atoms with Crippen molar-refractivity contribution in [3.8, 4) is 11.8 Å². The van der Waals surface area contributed by atoms with Gasteiger partial charge in [0.2, 0.25) is 0 Å². The van der Waals surface area contributed by atoms with E-state index >= 15 is 0 Å². The zero-order valence-electron chi connectivity index (χ0n) is 7.72. The number of nitro groups is 1. The Bertz CT molecular complexity index is 488. The van der Waals surface area contributed by atoms with Gasteiger partial charge in [0.05, 0.1) is 16.6 Å². The summed E-state index contributed by atoms with van der Waals surface area (Å²) in [7, 11) is 0. The first-order chi connectivity index (χ1) is 6.97. The van der Waals surface area contributed by atoms with Gasteiger partial charge in [-0.2, -0.15) is 5.26 Å². The number of nitriles is 1. The van der Waals surface area contributed by atoms with E-state index in [1.165, 1.54) is 0 Å². The molecule has 0 bridgehead atoms. The van der Waals surface area contributed by atoms with Crippen molar-refractivity contribution in [1.29, 1.82) is 5.26 Å². The Morgan fingerprint density at radius 3 is 2.60 bits per heavy atom. The second kappa shape index (κ2) is 3.75. The van der Waals surface area contributed by atoms with Gasteiger partial charge < -0.3 is 5.11 Å². The Hall–Kier alpha value is -2.42. The molecular formula is C9H6N2O4. The molecule has 0 spiro atoms. The molecule has 1 N–H and O–H groups in total. The molecule has 0 fully saturated rings. The first kappa shape index (κ1) is 10.7. The van der Waals surface area contributed by atoms with Crippen LogP contribution < -0.4 is 0 Å². The smallest absolute Gasteiger partial charge is 0.321 e. The average molecular weight is 206 g/mol. The van der Waals surface area contributed by atoms with E-state index in [9.17, 15) is 20.0 Å². The number of carbonyl (C=O) groups is 1. The highest BCUT2D eigenvalue weighted by Crippen LogP contribution is 2.31. The van der Waals surface area contributed by atoms with Crippen LogP contribution in [0.25, 0.3) is 0 Å². The van der Waals surface area contributed by atoms with Gasteiger partial charge in [-0.15, -0.1) is 0 Å². The summed E-state index contributed by atoms with van der Waals surface area (Å²) in [6.45, 7) is 1.13. The molecule has 1 aromatic carbocycles. The molecule has 1 rings (SSSR count). The predicted octanol–water partition coefficient (Wildman–Crippen LogP) is 1.37. The molecule has 0 heterocycles. The second-order valence-corrected chi connectivity index (χ2v) is 2.82. The molecule has 0 amide bonds. The molecular weight excluding hydrogens is 200 g/mol. The van der Waals surface area contributed by atoms with Crippen LogP contribution >= 0.6 is 0 Å². The maximum Gasteiger partial charge on any atom is 0.321 e. The van der Waals surface area contributed by atoms with Crippen LogP contribution in [0.4, 0.5) is 5.69 Å². The van der Waals surface area contributed by atoms with Gasteiger partial charge in [0.1, 0.15) is 5.56 Å². The van der Waals surface area contributed by atoms with E-state index in [0.29, 0.717) is 0 Å². The van der Waals surface area contributed by atoms with Gasteiger partial charge in [-0.05, 0) is 13.0 Å². The SMILES string of the molecule is CC(=O)c1cc(C#N)cc(O)c1[N+](=O)[O-]. The summed E-state index contributed by atoms with van der Waals surface area (Å²) in [5.41, 5.74) is -0.929. The van der Waals surface area contributed by atoms with Crippen LogP contribution in [0.15, 0.2) is 12.1 Å². The van der Waals surface area contributed by atoms with Crippen molar-refractivity contribution in [1.82, 2.24) is 0 Å². The third-order valence-corrected chi connectivity index (χ3v) is 1.78. The number of hydrogen-bond acceptors (Lipinski definition) is 5. The molecule has 0 radical (unpaired) electrons. The van der Waals surface area contributed by atoms with Crippen molar-refractivity contribution in [3.05, 3.63) is 33.4 Å². The summed E-state index contributed by atoms with van der Waals surface area (Å²) in [5.74, 6) is -1.25. The fourth-order valence-electron chi connectivity index (χ4n) is 1.14. The van der Waals surface area contributed by atoms with E-state index in [1.54, 1.807) is 6.07 Å². The number of hydrogen-bond donors (Lipinski definition) is 1. The molecule has 0 unspecified atom stereocenters. The minimum Gasteiger partial charge on any atom is -0.502 e. The lowest BCUT2D eigenvalue weighted by molar-refractivity contribution is -0.386. The number of Topliss-reactive ketones (excluding diaryl/α,β-unsaturated/α-hetero) is 1. The Morgan fingerprint density at radius 2 is 2.20 bits per heavy atom. The van der Waals surface area contributed by atoms with Crippen LogP contribution in [0, 0.1) is 21.4 Å². The first-order valence-electron chi connectivity index (χ1n) is 3.89. The number of ketones is 1. The van der Waals surface area contributed by atoms with Gasteiger partial charge >= 0.3 is 5.69 Å². The summed E-state index contributed by atoms with van der Waals surface area (Å²) < 4.78 is 0. The highest BCUT2D eigenvalue weighted by Gasteiger charge is 2.23. The number of phenolic OH excluding ortho intramolecular Hbond substituents is 1. The summed E-state index contributed by atoms with van der Waals surface area (Å²) in [5, 5.41) is 28.4. The Balaban J connectivity index is 3.58. The molecule has 0 aromatic heterocycles. The number of nitro benzene ring substituents is 1. The lowest BCUT2D eigenvalue weighted by Crippen LogP contribution is -2.01. The van der Waals surface area contributed by atoms with Gasteiger partial charge in [0, 0.05) is 6.07 Å². The molecule has 0 saturated carbocycles. The van der Waals surface area contributed by atoms with Crippen molar-refractivity contribution in [2.24, 2.45) is 0 Å². The van der Waals surface area contributed by atoms with Gasteiger partial charge in [0.15, 0.2) is 11.5 Å². The molecule has 6 nitrogen and oxygen atoms in total. The van der Waals surface area contributed by atoms with Crippen molar-refractivity contribution in [2.45, 2.75) is 6.92 Å². The van der Waals surface area contributed by atoms with E-state index in [4.69, 9.17) is 5.26 Å². The van der Waals surface area contributed by atoms with Gasteiger partial charge in [-0.3, -0.25) is 14.9 Å². The topological polar surface area (TPSA) is 104 Å². The number of phenols is 1. The monoisotopic (exact) mass is 206 g/mol. The number of rotatable bonds is 2. The minimum absolute atomic E-state index is 0.00306. The van der Waals surface area contributed by atoms with Gasteiger partial charge in [-0.1, -0.05) is 0 Å². The summed E-state index contributed by atoms with van der Waals surface area (Å²) in [6.07, 6.45) is 0. The molecule has 15 heavy (non-hydrogen) atoms. The molecule has 0 saturated heterocycles. The largest absolute Gasteiger partial charge is 0.502 e. The average Bonchev–Trinajstić information content (AvgIpc) is 2.15. The quantitative estimate of drug-likeness (QED) is 0.447. The summed E-state index contributed by atoms with van der Waals surface area (Å²) in [6, 6.07) is 3.73. The van der Waals surface area contributed by atoms with E-state index in [-0.39, 0.29) is 11.1 Å². The molecule has 0 aliphatic carbocycles. The number of benzene rings is 1. The molecule has 0 aliphatic heterocycles. The van der Waals surface area contributed by atoms with Crippen LogP contribution in [-0.2, 0) is 0 Å². The second-order valence-electron chi connectivity index (χ2n) is 2.82. The standard InChI is InChI=1S/C9H6N2O4/c1-5(12)7-2-6(4-10)3-8(13)9(7)11(14)15/h2-3,13H,1H3. The van der Waals surface area contributed by atoms with Gasteiger partial charge in [0.25, 0.3) is 0 Å². The van der Waals surface area contributed by atoms with Crippen LogP contribution in [0.3, 0.4) is 0 Å². The van der Waals surface area contributed by atoms with Crippen molar-refractivity contribution in [3.63, 3.8) is 0 Å². The van der Waals surface area contributed by atoms with Crippen LogP contribution in [0.2, 0.25) is 0 Å². The van der Waals surface area contributed by atoms with Crippen molar-refractivity contribution >= 4 is 11.5 Å². The molecule has 76 valence electrons. The fourth-order valence-corrected chi connectivity index (χ4v) is 1.14. The Labute approximate surface area is 84.5 Å². The molecule has 0 atom stereocenters. The lowest BCUT2D eigenvalue weighted by atomic mass is 10.1. The zero-order chi connectivity index (χ0) is 11.6. The molecule has 1 aromatic rings. The Kier molecular flexibility index (Phi) is 2.67. The van der Waals surface area contributed by atoms with Gasteiger partial charge in [-0.25, -0.2) is 0 Å². The number of carbonyl (C=O) groups excluding carboxylic acids is 1. The van der Waals surface area contributed by atoms with Crippen LogP contribution in [0.1, 0.15) is 22.8 Å². The number of aromatic hydroxyl groups is 1. The number of nitrogens with zero attached hydrogens (tertiary/aromatic N) is 2. The molecule has 6 heteroatoms. The highest BCUT2D eigenvalue weighted by atomic mass is 16.6. The normalized spacial score (nSPS) is 9.33. The van der Waals surface area contributed by atoms with E-state index < -0.39 is 22.1 Å². The predicted molar refractivity (Wildman–Crippen MR) is 49.5 cm³/mol. The zero-order valence-corrected chi connectivity index (χ0v) is 7.72. The van der Waals surface area contributed by atoms with Crippen molar-refractivity contribution in [2.75, 3.05) is 0 Å². The van der Waals surface area contributed by atoms with Crippen molar-refractivity contribution < 1.29 is 14.8 Å². The first-order valence-corrected chi connectivity index (χ1v) is 3.89. The van der Waals surface area contributed by atoms with E-state index in [1.807, 2.05) is 0 Å².